The predicted molar refractivity (Wildman–Crippen MR) is 124 cm³/mol. The van der Waals surface area contributed by atoms with Crippen LogP contribution in [0, 0.1) is 11.8 Å². The Morgan fingerprint density at radius 2 is 1.80 bits per heavy atom. The SMILES string of the molecule is CC1CCC2(CC1)NC(=O)N(NC(=O)CN1CCC(C(=O)Nc3ccc4c(c3)OCO4)CC1)C2=O. The van der Waals surface area contributed by atoms with Crippen LogP contribution in [0.5, 0.6) is 11.5 Å². The molecule has 2 saturated heterocycles. The molecule has 0 aromatic heterocycles. The molecule has 11 nitrogen and oxygen atoms in total. The summed E-state index contributed by atoms with van der Waals surface area (Å²) in [5, 5.41) is 6.56. The van der Waals surface area contributed by atoms with E-state index in [0.29, 0.717) is 61.9 Å². The van der Waals surface area contributed by atoms with Crippen molar-refractivity contribution in [2.75, 3.05) is 31.7 Å². The second-order valence-electron chi connectivity index (χ2n) is 9.98. The number of carbonyl (C=O) groups excluding carboxylic acids is 4. The van der Waals surface area contributed by atoms with Gasteiger partial charge in [-0.1, -0.05) is 6.92 Å². The molecule has 5 rings (SSSR count). The molecule has 35 heavy (non-hydrogen) atoms. The van der Waals surface area contributed by atoms with Crippen molar-refractivity contribution in [2.45, 2.75) is 51.0 Å². The minimum atomic E-state index is -0.888. The number of urea groups is 1. The van der Waals surface area contributed by atoms with Crippen LogP contribution in [0.1, 0.15) is 45.4 Å². The summed E-state index contributed by atoms with van der Waals surface area (Å²) in [6, 6.07) is 4.71. The standard InChI is InChI=1S/C24H31N5O6/c1-15-4-8-24(9-5-15)22(32)29(23(33)26-24)27-20(30)13-28-10-6-16(7-11-28)21(31)25-17-2-3-18-19(12-17)35-14-34-18/h2-3,12,15-16H,4-11,13-14H2,1H3,(H,25,31)(H,26,33)(H,27,30). The number of hydrogen-bond acceptors (Lipinski definition) is 7. The molecule has 0 unspecified atom stereocenters. The van der Waals surface area contributed by atoms with Gasteiger partial charge in [0.25, 0.3) is 11.8 Å². The molecule has 0 bridgehead atoms. The number of piperidine rings is 1. The van der Waals surface area contributed by atoms with Crippen molar-refractivity contribution in [2.24, 2.45) is 11.8 Å². The highest BCUT2D eigenvalue weighted by Crippen LogP contribution is 2.36. The Hall–Kier alpha value is -3.34. The Bertz CT molecular complexity index is 1030. The number of nitrogens with zero attached hydrogens (tertiary/aromatic N) is 2. The van der Waals surface area contributed by atoms with E-state index < -0.39 is 17.5 Å². The fourth-order valence-electron chi connectivity index (χ4n) is 5.25. The quantitative estimate of drug-likeness (QED) is 0.540. The Kier molecular flexibility index (Phi) is 6.26. The van der Waals surface area contributed by atoms with Gasteiger partial charge in [0.05, 0.1) is 6.54 Å². The average molecular weight is 486 g/mol. The molecule has 1 aromatic rings. The van der Waals surface area contributed by atoms with Crippen LogP contribution in [0.25, 0.3) is 0 Å². The lowest BCUT2D eigenvalue weighted by Gasteiger charge is -2.33. The lowest BCUT2D eigenvalue weighted by Crippen LogP contribution is -2.53. The van der Waals surface area contributed by atoms with Gasteiger partial charge in [0.15, 0.2) is 11.5 Å². The summed E-state index contributed by atoms with van der Waals surface area (Å²) in [5.74, 6) is 0.762. The van der Waals surface area contributed by atoms with Gasteiger partial charge in [0.2, 0.25) is 12.7 Å². The van der Waals surface area contributed by atoms with Gasteiger partial charge in [-0.25, -0.2) is 4.79 Å². The number of carbonyl (C=O) groups is 4. The molecule has 1 saturated carbocycles. The Morgan fingerprint density at radius 3 is 2.54 bits per heavy atom. The van der Waals surface area contributed by atoms with Crippen molar-refractivity contribution in [1.29, 1.82) is 0 Å². The van der Waals surface area contributed by atoms with Crippen molar-refractivity contribution in [3.8, 4) is 11.5 Å². The van der Waals surface area contributed by atoms with E-state index in [0.717, 1.165) is 17.9 Å². The second-order valence-corrected chi connectivity index (χ2v) is 9.98. The van der Waals surface area contributed by atoms with Gasteiger partial charge in [-0.15, -0.1) is 0 Å². The van der Waals surface area contributed by atoms with Gasteiger partial charge in [0.1, 0.15) is 5.54 Å². The third kappa shape index (κ3) is 4.77. The molecule has 0 atom stereocenters. The third-order valence-corrected chi connectivity index (χ3v) is 7.49. The lowest BCUT2D eigenvalue weighted by atomic mass is 9.77. The van der Waals surface area contributed by atoms with Gasteiger partial charge in [-0.2, -0.15) is 5.01 Å². The molecule has 3 heterocycles. The minimum absolute atomic E-state index is 0.0532. The maximum absolute atomic E-state index is 12.9. The predicted octanol–water partition coefficient (Wildman–Crippen LogP) is 1.60. The fraction of sp³-hybridized carbons (Fsp3) is 0.583. The molecular weight excluding hydrogens is 454 g/mol. The Morgan fingerprint density at radius 1 is 1.09 bits per heavy atom. The number of fused-ring (bicyclic) bond motifs is 1. The summed E-state index contributed by atoms with van der Waals surface area (Å²) >= 11 is 0. The number of likely N-dealkylation sites (tertiary alicyclic amines) is 1. The van der Waals surface area contributed by atoms with Crippen LogP contribution in [0.4, 0.5) is 10.5 Å². The summed E-state index contributed by atoms with van der Waals surface area (Å²) in [6.45, 7) is 3.49. The summed E-state index contributed by atoms with van der Waals surface area (Å²) in [4.78, 5) is 52.5. The molecule has 188 valence electrons. The number of ether oxygens (including phenoxy) is 2. The summed E-state index contributed by atoms with van der Waals surface area (Å²) in [5.41, 5.74) is 2.25. The highest BCUT2D eigenvalue weighted by molar-refractivity contribution is 6.08. The van der Waals surface area contributed by atoms with Crippen LogP contribution in [0.2, 0.25) is 0 Å². The number of hydrazine groups is 1. The molecule has 1 aromatic carbocycles. The Balaban J connectivity index is 1.08. The number of rotatable bonds is 5. The summed E-state index contributed by atoms with van der Waals surface area (Å²) in [7, 11) is 0. The zero-order valence-corrected chi connectivity index (χ0v) is 19.8. The van der Waals surface area contributed by atoms with Crippen molar-refractivity contribution in [1.82, 2.24) is 20.7 Å². The number of hydrogen-bond donors (Lipinski definition) is 3. The van der Waals surface area contributed by atoms with E-state index in [9.17, 15) is 19.2 Å². The van der Waals surface area contributed by atoms with E-state index in [2.05, 4.69) is 23.0 Å². The fourth-order valence-corrected chi connectivity index (χ4v) is 5.25. The Labute approximate surface area is 203 Å². The molecular formula is C24H31N5O6. The van der Waals surface area contributed by atoms with Crippen LogP contribution in [0.15, 0.2) is 18.2 Å². The molecule has 4 aliphatic rings. The maximum Gasteiger partial charge on any atom is 0.344 e. The third-order valence-electron chi connectivity index (χ3n) is 7.49. The van der Waals surface area contributed by atoms with Crippen molar-refractivity contribution in [3.05, 3.63) is 18.2 Å². The highest BCUT2D eigenvalue weighted by atomic mass is 16.7. The van der Waals surface area contributed by atoms with Gasteiger partial charge < -0.3 is 20.1 Å². The minimum Gasteiger partial charge on any atom is -0.454 e. The molecule has 1 aliphatic carbocycles. The topological polar surface area (TPSA) is 129 Å². The first-order chi connectivity index (χ1) is 16.8. The van der Waals surface area contributed by atoms with Crippen LogP contribution >= 0.6 is 0 Å². The van der Waals surface area contributed by atoms with E-state index in [-0.39, 0.29) is 31.1 Å². The largest absolute Gasteiger partial charge is 0.454 e. The smallest absolute Gasteiger partial charge is 0.344 e. The number of amides is 5. The van der Waals surface area contributed by atoms with Gasteiger partial charge in [-0.05, 0) is 69.7 Å². The van der Waals surface area contributed by atoms with Crippen molar-refractivity contribution < 1.29 is 28.7 Å². The van der Waals surface area contributed by atoms with E-state index >= 15 is 0 Å². The maximum atomic E-state index is 12.9. The average Bonchev–Trinajstić information content (AvgIpc) is 3.40. The normalized spacial score (nSPS) is 26.7. The zero-order chi connectivity index (χ0) is 24.6. The van der Waals surface area contributed by atoms with Gasteiger partial charge >= 0.3 is 6.03 Å². The second kappa shape index (κ2) is 9.37. The molecule has 1 spiro atoms. The number of benzene rings is 1. The van der Waals surface area contributed by atoms with Crippen LogP contribution < -0.4 is 25.5 Å². The number of imide groups is 1. The lowest BCUT2D eigenvalue weighted by molar-refractivity contribution is -0.140. The molecule has 5 amide bonds. The monoisotopic (exact) mass is 485 g/mol. The van der Waals surface area contributed by atoms with E-state index in [1.165, 1.54) is 0 Å². The van der Waals surface area contributed by atoms with Gasteiger partial charge in [0, 0.05) is 17.7 Å². The van der Waals surface area contributed by atoms with E-state index in [1.54, 1.807) is 18.2 Å². The first-order valence-electron chi connectivity index (χ1n) is 12.2. The van der Waals surface area contributed by atoms with Crippen molar-refractivity contribution in [3.63, 3.8) is 0 Å². The number of anilines is 1. The van der Waals surface area contributed by atoms with Crippen LogP contribution in [-0.4, -0.2) is 65.6 Å². The molecule has 3 N–H and O–H groups in total. The van der Waals surface area contributed by atoms with Crippen LogP contribution in [-0.2, 0) is 14.4 Å². The first-order valence-corrected chi connectivity index (χ1v) is 12.2. The zero-order valence-electron chi connectivity index (χ0n) is 19.8. The molecule has 3 aliphatic heterocycles. The highest BCUT2D eigenvalue weighted by Gasteiger charge is 2.53. The van der Waals surface area contributed by atoms with Crippen molar-refractivity contribution >= 4 is 29.4 Å². The molecule has 11 heteroatoms. The van der Waals surface area contributed by atoms with E-state index in [4.69, 9.17) is 9.47 Å². The van der Waals surface area contributed by atoms with Crippen LogP contribution in [0.3, 0.4) is 0 Å². The summed E-state index contributed by atoms with van der Waals surface area (Å²) < 4.78 is 10.6. The molecule has 0 radical (unpaired) electrons. The molecule has 3 fully saturated rings. The number of nitrogens with one attached hydrogen (secondary N) is 3. The van der Waals surface area contributed by atoms with E-state index in [1.807, 2.05) is 4.90 Å². The summed E-state index contributed by atoms with van der Waals surface area (Å²) in [6.07, 6.45) is 4.12. The van der Waals surface area contributed by atoms with Gasteiger partial charge in [-0.3, -0.25) is 24.7 Å². The first kappa shape index (κ1) is 23.4.